The summed E-state index contributed by atoms with van der Waals surface area (Å²) >= 11 is 0. The smallest absolute Gasteiger partial charge is 0.242 e. The minimum Gasteiger partial charge on any atom is -0.454 e. The van der Waals surface area contributed by atoms with Gasteiger partial charge in [-0.05, 0) is 38.0 Å². The molecule has 0 saturated heterocycles. The van der Waals surface area contributed by atoms with Gasteiger partial charge in [0.15, 0.2) is 11.5 Å². The van der Waals surface area contributed by atoms with Crippen LogP contribution in [0.25, 0.3) is 0 Å². The van der Waals surface area contributed by atoms with Gasteiger partial charge in [0.05, 0.1) is 5.54 Å². The number of benzene rings is 1. The molecule has 1 aromatic carbocycles. The lowest BCUT2D eigenvalue weighted by Crippen LogP contribution is -2.52. The molecular formula is C16H25ClN2O3. The molecule has 0 spiro atoms. The number of carbonyl (C=O) groups is 1. The van der Waals surface area contributed by atoms with E-state index in [0.29, 0.717) is 19.5 Å². The molecule has 1 amide bonds. The molecule has 1 aliphatic heterocycles. The van der Waals surface area contributed by atoms with Gasteiger partial charge in [-0.2, -0.15) is 0 Å². The number of ether oxygens (including phenoxy) is 2. The molecule has 1 atom stereocenters. The Morgan fingerprint density at radius 2 is 2.00 bits per heavy atom. The van der Waals surface area contributed by atoms with Crippen molar-refractivity contribution < 1.29 is 14.3 Å². The minimum absolute atomic E-state index is 0. The molecule has 1 unspecified atom stereocenters. The lowest BCUT2D eigenvalue weighted by Gasteiger charge is -2.31. The Labute approximate surface area is 138 Å². The summed E-state index contributed by atoms with van der Waals surface area (Å²) < 4.78 is 10.7. The molecule has 5 nitrogen and oxygen atoms in total. The van der Waals surface area contributed by atoms with Gasteiger partial charge in [-0.15, -0.1) is 12.4 Å². The molecule has 1 aliphatic rings. The summed E-state index contributed by atoms with van der Waals surface area (Å²) in [7, 11) is 0. The Kier molecular flexibility index (Phi) is 6.50. The second-order valence-electron chi connectivity index (χ2n) is 5.67. The number of amides is 1. The van der Waals surface area contributed by atoms with Crippen LogP contribution in [0.15, 0.2) is 18.2 Å². The minimum atomic E-state index is -0.804. The third-order valence-corrected chi connectivity index (χ3v) is 3.74. The van der Waals surface area contributed by atoms with Crippen molar-refractivity contribution in [1.29, 1.82) is 0 Å². The molecule has 0 aliphatic carbocycles. The van der Waals surface area contributed by atoms with Crippen LogP contribution < -0.4 is 15.2 Å². The maximum Gasteiger partial charge on any atom is 0.242 e. The van der Waals surface area contributed by atoms with Crippen molar-refractivity contribution in [2.45, 2.75) is 45.7 Å². The van der Waals surface area contributed by atoms with Gasteiger partial charge in [-0.3, -0.25) is 4.79 Å². The van der Waals surface area contributed by atoms with Crippen LogP contribution in [0.1, 0.15) is 39.2 Å². The van der Waals surface area contributed by atoms with Crippen LogP contribution >= 0.6 is 12.4 Å². The van der Waals surface area contributed by atoms with Crippen LogP contribution in [0, 0.1) is 0 Å². The molecule has 6 heteroatoms. The van der Waals surface area contributed by atoms with Crippen molar-refractivity contribution in [1.82, 2.24) is 4.90 Å². The summed E-state index contributed by atoms with van der Waals surface area (Å²) in [6.45, 7) is 7.22. The molecule has 1 aromatic rings. The Morgan fingerprint density at radius 3 is 2.64 bits per heavy atom. The van der Waals surface area contributed by atoms with Gasteiger partial charge in [0.25, 0.3) is 0 Å². The van der Waals surface area contributed by atoms with E-state index in [1.165, 1.54) is 0 Å². The Balaban J connectivity index is 0.00000242. The number of hydrogen-bond acceptors (Lipinski definition) is 4. The van der Waals surface area contributed by atoms with Crippen LogP contribution in [0.3, 0.4) is 0 Å². The normalized spacial score (nSPS) is 14.9. The Morgan fingerprint density at radius 1 is 1.32 bits per heavy atom. The highest BCUT2D eigenvalue weighted by molar-refractivity contribution is 5.85. The maximum absolute atomic E-state index is 12.6. The number of nitrogens with zero attached hydrogens (tertiary/aromatic N) is 1. The summed E-state index contributed by atoms with van der Waals surface area (Å²) in [6, 6.07) is 5.76. The van der Waals surface area contributed by atoms with Gasteiger partial charge in [0.1, 0.15) is 0 Å². The topological polar surface area (TPSA) is 64.8 Å². The summed E-state index contributed by atoms with van der Waals surface area (Å²) in [4.78, 5) is 14.4. The summed E-state index contributed by atoms with van der Waals surface area (Å²) in [5, 5.41) is 0. The second-order valence-corrected chi connectivity index (χ2v) is 5.67. The number of halogens is 1. The molecular weight excluding hydrogens is 304 g/mol. The van der Waals surface area contributed by atoms with E-state index in [2.05, 4.69) is 0 Å². The molecule has 2 N–H and O–H groups in total. The van der Waals surface area contributed by atoms with Crippen molar-refractivity contribution in [2.24, 2.45) is 5.73 Å². The number of hydrogen-bond donors (Lipinski definition) is 1. The van der Waals surface area contributed by atoms with Crippen LogP contribution in [0.2, 0.25) is 0 Å². The summed E-state index contributed by atoms with van der Waals surface area (Å²) in [5.41, 5.74) is 6.37. The van der Waals surface area contributed by atoms with Gasteiger partial charge >= 0.3 is 0 Å². The maximum atomic E-state index is 12.6. The zero-order valence-corrected chi connectivity index (χ0v) is 14.2. The molecule has 0 saturated carbocycles. The van der Waals surface area contributed by atoms with Gasteiger partial charge in [-0.25, -0.2) is 0 Å². The van der Waals surface area contributed by atoms with E-state index >= 15 is 0 Å². The first-order valence-electron chi connectivity index (χ1n) is 7.44. The molecule has 0 aromatic heterocycles. The standard InChI is InChI=1S/C16H24N2O3.ClH/c1-4-8-16(3,17)15(19)18(5-2)10-12-6-7-13-14(9-12)21-11-20-13;/h6-7,9H,4-5,8,10-11,17H2,1-3H3;1H. The first kappa shape index (κ1) is 18.6. The number of likely N-dealkylation sites (N-methyl/N-ethyl adjacent to an activating group) is 1. The van der Waals surface area contributed by atoms with E-state index in [1.807, 2.05) is 32.0 Å². The van der Waals surface area contributed by atoms with E-state index < -0.39 is 5.54 Å². The third kappa shape index (κ3) is 4.05. The molecule has 0 bridgehead atoms. The summed E-state index contributed by atoms with van der Waals surface area (Å²) in [6.07, 6.45) is 1.57. The van der Waals surface area contributed by atoms with E-state index in [-0.39, 0.29) is 25.1 Å². The fourth-order valence-corrected chi connectivity index (χ4v) is 2.57. The predicted molar refractivity (Wildman–Crippen MR) is 88.4 cm³/mol. The van der Waals surface area contributed by atoms with Crippen molar-refractivity contribution in [3.63, 3.8) is 0 Å². The molecule has 1 heterocycles. The van der Waals surface area contributed by atoms with E-state index in [9.17, 15) is 4.79 Å². The van der Waals surface area contributed by atoms with Crippen molar-refractivity contribution >= 4 is 18.3 Å². The van der Waals surface area contributed by atoms with Crippen LogP contribution in [-0.2, 0) is 11.3 Å². The van der Waals surface area contributed by atoms with E-state index in [0.717, 1.165) is 23.5 Å². The second kappa shape index (κ2) is 7.70. The average Bonchev–Trinajstić information content (AvgIpc) is 2.91. The fourth-order valence-electron chi connectivity index (χ4n) is 2.57. The SMILES string of the molecule is CCCC(C)(N)C(=O)N(CC)Cc1ccc2c(c1)OCO2.Cl. The Bertz CT molecular complexity index is 520. The highest BCUT2D eigenvalue weighted by Crippen LogP contribution is 2.33. The van der Waals surface area contributed by atoms with Crippen molar-refractivity contribution in [3.05, 3.63) is 23.8 Å². The fraction of sp³-hybridized carbons (Fsp3) is 0.562. The monoisotopic (exact) mass is 328 g/mol. The highest BCUT2D eigenvalue weighted by Gasteiger charge is 2.31. The number of carbonyl (C=O) groups excluding carboxylic acids is 1. The first-order chi connectivity index (χ1) is 9.97. The predicted octanol–water partition coefficient (Wildman–Crippen LogP) is 2.70. The largest absolute Gasteiger partial charge is 0.454 e. The van der Waals surface area contributed by atoms with Crippen LogP contribution in [-0.4, -0.2) is 29.7 Å². The van der Waals surface area contributed by atoms with Gasteiger partial charge in [-0.1, -0.05) is 19.4 Å². The van der Waals surface area contributed by atoms with Crippen LogP contribution in [0.5, 0.6) is 11.5 Å². The van der Waals surface area contributed by atoms with Gasteiger partial charge in [0, 0.05) is 13.1 Å². The van der Waals surface area contributed by atoms with Gasteiger partial charge < -0.3 is 20.1 Å². The molecule has 2 rings (SSSR count). The van der Waals surface area contributed by atoms with Crippen molar-refractivity contribution in [3.8, 4) is 11.5 Å². The molecule has 0 radical (unpaired) electrons. The van der Waals surface area contributed by atoms with Crippen LogP contribution in [0.4, 0.5) is 0 Å². The quantitative estimate of drug-likeness (QED) is 0.872. The zero-order valence-electron chi connectivity index (χ0n) is 13.4. The number of fused-ring (bicyclic) bond motifs is 1. The average molecular weight is 329 g/mol. The highest BCUT2D eigenvalue weighted by atomic mass is 35.5. The van der Waals surface area contributed by atoms with E-state index in [1.54, 1.807) is 11.8 Å². The summed E-state index contributed by atoms with van der Waals surface area (Å²) in [5.74, 6) is 1.48. The lowest BCUT2D eigenvalue weighted by molar-refractivity contribution is -0.137. The third-order valence-electron chi connectivity index (χ3n) is 3.74. The van der Waals surface area contributed by atoms with Gasteiger partial charge in [0.2, 0.25) is 12.7 Å². The zero-order chi connectivity index (χ0) is 15.5. The molecule has 22 heavy (non-hydrogen) atoms. The number of rotatable bonds is 6. The number of nitrogens with two attached hydrogens (primary N) is 1. The van der Waals surface area contributed by atoms with E-state index in [4.69, 9.17) is 15.2 Å². The molecule has 0 fully saturated rings. The Hall–Kier alpha value is -1.46. The van der Waals surface area contributed by atoms with Crippen molar-refractivity contribution in [2.75, 3.05) is 13.3 Å². The first-order valence-corrected chi connectivity index (χ1v) is 7.44. The lowest BCUT2D eigenvalue weighted by atomic mass is 9.95. The molecule has 124 valence electrons.